The lowest BCUT2D eigenvalue weighted by molar-refractivity contribution is 0.168. The van der Waals surface area contributed by atoms with Crippen LogP contribution in [-0.4, -0.2) is 42.9 Å². The topological polar surface area (TPSA) is 133 Å². The van der Waals surface area contributed by atoms with Crippen LogP contribution in [0.5, 0.6) is 11.5 Å². The molecular formula is C28H31N5O5. The number of aromatic nitrogens is 2. The normalized spacial score (nSPS) is 10.4. The minimum absolute atomic E-state index is 0.229. The van der Waals surface area contributed by atoms with Crippen LogP contribution in [0.4, 0.5) is 21.9 Å². The second-order valence-corrected chi connectivity index (χ2v) is 7.86. The van der Waals surface area contributed by atoms with Gasteiger partial charge in [0.15, 0.2) is 0 Å². The molecule has 38 heavy (non-hydrogen) atoms. The van der Waals surface area contributed by atoms with Crippen molar-refractivity contribution in [3.05, 3.63) is 94.4 Å². The molecule has 0 aliphatic heterocycles. The van der Waals surface area contributed by atoms with Gasteiger partial charge in [0.05, 0.1) is 37.8 Å². The first-order valence-corrected chi connectivity index (χ1v) is 11.8. The fraction of sp³-hybridized carbons (Fsp3) is 0.179. The van der Waals surface area contributed by atoms with Crippen molar-refractivity contribution in [3.63, 3.8) is 0 Å². The zero-order valence-electron chi connectivity index (χ0n) is 21.7. The van der Waals surface area contributed by atoms with E-state index < -0.39 is 6.09 Å². The highest BCUT2D eigenvalue weighted by atomic mass is 16.5. The molecule has 10 heteroatoms. The zero-order chi connectivity index (χ0) is 27.5. The summed E-state index contributed by atoms with van der Waals surface area (Å²) in [6.07, 6.45) is 1.00. The Labute approximate surface area is 220 Å². The molecule has 0 aliphatic rings. The van der Waals surface area contributed by atoms with E-state index in [9.17, 15) is 9.59 Å². The molecule has 0 aliphatic carbocycles. The maximum atomic E-state index is 12.8. The minimum Gasteiger partial charge on any atom is -0.495 e. The predicted octanol–water partition coefficient (Wildman–Crippen LogP) is 5.08. The first-order chi connectivity index (χ1) is 18.4. The third-order valence-electron chi connectivity index (χ3n) is 5.32. The predicted molar refractivity (Wildman–Crippen MR) is 149 cm³/mol. The Balaban J connectivity index is 0.000000375. The Hall–Kier alpha value is -4.99. The summed E-state index contributed by atoms with van der Waals surface area (Å²) in [7, 11) is 3.18. The van der Waals surface area contributed by atoms with Gasteiger partial charge in [-0.3, -0.25) is 20.2 Å². The Morgan fingerprint density at radius 1 is 1.00 bits per heavy atom. The number of carbonyl (C=O) groups excluding carboxylic acids is 1. The SMILES string of the molecule is CCOC(=O)Nc1ccc(-n2[nH]c(C)c(C=Nc3ccccc3OC)c2=O)cc1.COc1ccccc1N. The molecule has 0 saturated heterocycles. The number of para-hydroxylation sites is 4. The number of nitrogens with zero attached hydrogens (tertiary/aromatic N) is 2. The van der Waals surface area contributed by atoms with E-state index in [4.69, 9.17) is 19.9 Å². The van der Waals surface area contributed by atoms with Gasteiger partial charge in [-0.05, 0) is 62.4 Å². The molecule has 0 fully saturated rings. The van der Waals surface area contributed by atoms with Gasteiger partial charge in [-0.15, -0.1) is 0 Å². The lowest BCUT2D eigenvalue weighted by atomic mass is 10.2. The van der Waals surface area contributed by atoms with Gasteiger partial charge in [-0.1, -0.05) is 24.3 Å². The number of hydrogen-bond donors (Lipinski definition) is 3. The van der Waals surface area contributed by atoms with Crippen LogP contribution < -0.4 is 26.1 Å². The van der Waals surface area contributed by atoms with Gasteiger partial charge >= 0.3 is 6.09 Å². The number of nitrogens with two attached hydrogens (primary N) is 1. The minimum atomic E-state index is -0.525. The molecule has 0 unspecified atom stereocenters. The third kappa shape index (κ3) is 7.03. The van der Waals surface area contributed by atoms with Gasteiger partial charge in [-0.2, -0.15) is 0 Å². The molecule has 10 nitrogen and oxygen atoms in total. The zero-order valence-corrected chi connectivity index (χ0v) is 21.7. The lowest BCUT2D eigenvalue weighted by Gasteiger charge is -2.06. The molecule has 0 bridgehead atoms. The molecule has 0 atom stereocenters. The third-order valence-corrected chi connectivity index (χ3v) is 5.32. The Kier molecular flexibility index (Phi) is 9.70. The first-order valence-electron chi connectivity index (χ1n) is 11.8. The van der Waals surface area contributed by atoms with Gasteiger partial charge in [-0.25, -0.2) is 9.48 Å². The van der Waals surface area contributed by atoms with Crippen LogP contribution in [0.1, 0.15) is 18.2 Å². The van der Waals surface area contributed by atoms with Crippen molar-refractivity contribution in [1.82, 2.24) is 9.78 Å². The summed E-state index contributed by atoms with van der Waals surface area (Å²) in [5.74, 6) is 1.36. The van der Waals surface area contributed by atoms with Crippen molar-refractivity contribution in [2.24, 2.45) is 4.99 Å². The van der Waals surface area contributed by atoms with E-state index in [-0.39, 0.29) is 5.56 Å². The number of aryl methyl sites for hydroxylation is 1. The standard InChI is InChI=1S/C21H22N4O4.C7H9NO/c1-4-29-21(27)23-15-9-11-16(12-10-15)25-20(26)17(14(2)24-25)13-22-18-7-5-6-8-19(18)28-3;1-9-7-5-3-2-4-6(7)8/h5-13,24H,4H2,1-3H3,(H,23,27);2-5H,8H2,1H3. The molecule has 0 radical (unpaired) electrons. The number of aromatic amines is 1. The van der Waals surface area contributed by atoms with E-state index in [2.05, 4.69) is 15.4 Å². The molecule has 3 aromatic carbocycles. The molecule has 1 heterocycles. The average molecular weight is 518 g/mol. The smallest absolute Gasteiger partial charge is 0.411 e. The molecule has 198 valence electrons. The quantitative estimate of drug-likeness (QED) is 0.231. The van der Waals surface area contributed by atoms with Crippen LogP contribution in [0.2, 0.25) is 0 Å². The fourth-order valence-electron chi connectivity index (χ4n) is 3.41. The van der Waals surface area contributed by atoms with E-state index in [1.165, 1.54) is 10.9 Å². The highest BCUT2D eigenvalue weighted by Gasteiger charge is 2.11. The number of nitrogens with one attached hydrogen (secondary N) is 2. The first kappa shape index (κ1) is 27.6. The number of anilines is 2. The van der Waals surface area contributed by atoms with Gasteiger partial charge in [0.1, 0.15) is 17.2 Å². The van der Waals surface area contributed by atoms with Crippen molar-refractivity contribution in [3.8, 4) is 17.2 Å². The number of amides is 1. The number of benzene rings is 3. The highest BCUT2D eigenvalue weighted by molar-refractivity contribution is 5.85. The average Bonchev–Trinajstić information content (AvgIpc) is 3.21. The Morgan fingerprint density at radius 2 is 1.63 bits per heavy atom. The highest BCUT2D eigenvalue weighted by Crippen LogP contribution is 2.26. The summed E-state index contributed by atoms with van der Waals surface area (Å²) in [5, 5.41) is 5.65. The molecule has 4 aromatic rings. The lowest BCUT2D eigenvalue weighted by Crippen LogP contribution is -2.17. The van der Waals surface area contributed by atoms with Crippen LogP contribution in [0.3, 0.4) is 0 Å². The number of ether oxygens (including phenoxy) is 3. The van der Waals surface area contributed by atoms with Gasteiger partial charge in [0.2, 0.25) is 0 Å². The van der Waals surface area contributed by atoms with E-state index in [1.54, 1.807) is 64.5 Å². The number of aliphatic imine (C=N–C) groups is 1. The maximum Gasteiger partial charge on any atom is 0.411 e. The summed E-state index contributed by atoms with van der Waals surface area (Å²) in [5.41, 5.74) is 8.92. The summed E-state index contributed by atoms with van der Waals surface area (Å²) in [4.78, 5) is 28.7. The van der Waals surface area contributed by atoms with E-state index in [0.717, 1.165) is 5.75 Å². The maximum absolute atomic E-state index is 12.8. The summed E-state index contributed by atoms with van der Waals surface area (Å²) < 4.78 is 16.5. The molecule has 1 aromatic heterocycles. The molecule has 0 spiro atoms. The van der Waals surface area contributed by atoms with E-state index in [0.29, 0.717) is 46.4 Å². The van der Waals surface area contributed by atoms with Crippen LogP contribution in [0, 0.1) is 6.92 Å². The Morgan fingerprint density at radius 3 is 2.24 bits per heavy atom. The van der Waals surface area contributed by atoms with Crippen molar-refractivity contribution >= 4 is 29.4 Å². The summed E-state index contributed by atoms with van der Waals surface area (Å²) in [6.45, 7) is 3.83. The number of hydrogen-bond acceptors (Lipinski definition) is 7. The van der Waals surface area contributed by atoms with Crippen LogP contribution in [0.25, 0.3) is 5.69 Å². The molecule has 1 amide bonds. The Bertz CT molecular complexity index is 1440. The molecule has 0 saturated carbocycles. The van der Waals surface area contributed by atoms with Crippen molar-refractivity contribution < 1.29 is 19.0 Å². The number of methoxy groups -OCH3 is 2. The largest absolute Gasteiger partial charge is 0.495 e. The monoisotopic (exact) mass is 517 g/mol. The second kappa shape index (κ2) is 13.4. The second-order valence-electron chi connectivity index (χ2n) is 7.86. The number of nitrogen functional groups attached to an aromatic ring is 1. The van der Waals surface area contributed by atoms with Gasteiger partial charge in [0, 0.05) is 17.6 Å². The van der Waals surface area contributed by atoms with Crippen molar-refractivity contribution in [2.75, 3.05) is 31.9 Å². The summed E-state index contributed by atoms with van der Waals surface area (Å²) in [6, 6.07) is 21.5. The van der Waals surface area contributed by atoms with Crippen molar-refractivity contribution in [2.45, 2.75) is 13.8 Å². The molecule has 4 rings (SSSR count). The fourth-order valence-corrected chi connectivity index (χ4v) is 3.41. The number of H-pyrrole nitrogens is 1. The number of rotatable bonds is 7. The molecule has 4 N–H and O–H groups in total. The van der Waals surface area contributed by atoms with E-state index >= 15 is 0 Å². The van der Waals surface area contributed by atoms with Crippen molar-refractivity contribution in [1.29, 1.82) is 0 Å². The summed E-state index contributed by atoms with van der Waals surface area (Å²) >= 11 is 0. The van der Waals surface area contributed by atoms with Crippen LogP contribution in [0.15, 0.2) is 82.6 Å². The number of carbonyl (C=O) groups is 1. The molecular weight excluding hydrogens is 486 g/mol. The van der Waals surface area contributed by atoms with Gasteiger partial charge < -0.3 is 19.9 Å². The van der Waals surface area contributed by atoms with E-state index in [1.807, 2.05) is 36.4 Å². The van der Waals surface area contributed by atoms with Gasteiger partial charge in [0.25, 0.3) is 5.56 Å². The van der Waals surface area contributed by atoms with Crippen LogP contribution in [-0.2, 0) is 4.74 Å². The van der Waals surface area contributed by atoms with Crippen LogP contribution >= 0.6 is 0 Å².